The van der Waals surface area contributed by atoms with Crippen molar-refractivity contribution in [1.82, 2.24) is 10.2 Å². The first-order chi connectivity index (χ1) is 10.6. The van der Waals surface area contributed by atoms with E-state index in [9.17, 15) is 30.7 Å². The van der Waals surface area contributed by atoms with E-state index in [-0.39, 0.29) is 38.6 Å². The molecule has 0 amide bonds. The van der Waals surface area contributed by atoms with Crippen LogP contribution in [0.5, 0.6) is 5.75 Å². The van der Waals surface area contributed by atoms with Gasteiger partial charge >= 0.3 is 12.5 Å². The molecule has 0 aromatic heterocycles. The van der Waals surface area contributed by atoms with Gasteiger partial charge in [-0.15, -0.1) is 25.6 Å². The molecule has 1 aromatic carbocycles. The summed E-state index contributed by atoms with van der Waals surface area (Å²) in [5.74, 6) is -2.13. The molecule has 0 spiro atoms. The molecule has 1 aliphatic rings. The molecule has 1 N–H and O–H groups in total. The van der Waals surface area contributed by atoms with Crippen LogP contribution >= 0.6 is 12.4 Å². The number of nitrogens with zero attached hydrogens (tertiary/aromatic N) is 1. The van der Waals surface area contributed by atoms with Gasteiger partial charge in [-0.2, -0.15) is 13.2 Å². The molecule has 24 heavy (non-hydrogen) atoms. The maximum absolute atomic E-state index is 13.9. The smallest absolute Gasteiger partial charge is 0.406 e. The first-order valence-electron chi connectivity index (χ1n) is 6.64. The standard InChI is InChI=1S/C13H13F7N2O.ClH/c14-10-2-1-8(23-13(18,19)20)7-9(10)11(12(15,16)17)22-5-3-21-4-6-22;/h1-2,7,11,21H,3-6H2;1H/t11-;/m0./s1. The Morgan fingerprint density at radius 2 is 1.62 bits per heavy atom. The van der Waals surface area contributed by atoms with Gasteiger partial charge in [0.1, 0.15) is 17.6 Å². The van der Waals surface area contributed by atoms with Crippen LogP contribution in [0.25, 0.3) is 0 Å². The topological polar surface area (TPSA) is 24.5 Å². The maximum Gasteiger partial charge on any atom is 0.573 e. The van der Waals surface area contributed by atoms with Crippen LogP contribution in [0.2, 0.25) is 0 Å². The number of benzene rings is 1. The molecular formula is C13H14ClF7N2O. The molecule has 1 fully saturated rings. The first kappa shape index (κ1) is 20.8. The molecule has 1 aromatic rings. The Morgan fingerprint density at radius 3 is 2.12 bits per heavy atom. The maximum atomic E-state index is 13.9. The molecule has 0 unspecified atom stereocenters. The second kappa shape index (κ2) is 7.75. The van der Waals surface area contributed by atoms with Crippen LogP contribution in [-0.4, -0.2) is 43.6 Å². The lowest BCUT2D eigenvalue weighted by Crippen LogP contribution is -2.49. The molecule has 0 saturated carbocycles. The average Bonchev–Trinajstić information content (AvgIpc) is 2.41. The van der Waals surface area contributed by atoms with Gasteiger partial charge in [0.15, 0.2) is 0 Å². The van der Waals surface area contributed by atoms with Crippen LogP contribution in [0, 0.1) is 5.82 Å². The number of hydrogen-bond donors (Lipinski definition) is 1. The quantitative estimate of drug-likeness (QED) is 0.808. The minimum atomic E-state index is -5.07. The Bertz CT molecular complexity index is 544. The van der Waals surface area contributed by atoms with Gasteiger partial charge in [-0.05, 0) is 18.2 Å². The highest BCUT2D eigenvalue weighted by atomic mass is 35.5. The minimum Gasteiger partial charge on any atom is -0.406 e. The summed E-state index contributed by atoms with van der Waals surface area (Å²) in [6.07, 6.45) is -9.91. The summed E-state index contributed by atoms with van der Waals surface area (Å²) in [7, 11) is 0. The SMILES string of the molecule is Cl.Fc1ccc(OC(F)(F)F)cc1[C@H](N1CCNCC1)C(F)(F)F. The van der Waals surface area contributed by atoms with Crippen molar-refractivity contribution in [2.45, 2.75) is 18.6 Å². The summed E-state index contributed by atoms with van der Waals surface area (Å²) in [6.45, 7) is 0.530. The minimum absolute atomic E-state index is 0. The average molecular weight is 383 g/mol. The van der Waals surface area contributed by atoms with E-state index in [0.717, 1.165) is 4.90 Å². The second-order valence-corrected chi connectivity index (χ2v) is 4.96. The van der Waals surface area contributed by atoms with Crippen LogP contribution in [0.15, 0.2) is 18.2 Å². The summed E-state index contributed by atoms with van der Waals surface area (Å²) < 4.78 is 94.1. The van der Waals surface area contributed by atoms with E-state index in [1.54, 1.807) is 0 Å². The van der Waals surface area contributed by atoms with Crippen molar-refractivity contribution in [3.63, 3.8) is 0 Å². The highest BCUT2D eigenvalue weighted by Crippen LogP contribution is 2.40. The van der Waals surface area contributed by atoms with Crippen molar-refractivity contribution in [3.8, 4) is 5.75 Å². The fourth-order valence-electron chi connectivity index (χ4n) is 2.45. The summed E-state index contributed by atoms with van der Waals surface area (Å²) in [4.78, 5) is 0.978. The highest BCUT2D eigenvalue weighted by Gasteiger charge is 2.46. The van der Waals surface area contributed by atoms with Gasteiger partial charge < -0.3 is 10.1 Å². The Kier molecular flexibility index (Phi) is 6.71. The van der Waals surface area contributed by atoms with Gasteiger partial charge in [-0.1, -0.05) is 0 Å². The molecule has 11 heteroatoms. The Labute approximate surface area is 139 Å². The zero-order valence-electron chi connectivity index (χ0n) is 12.0. The molecule has 138 valence electrons. The van der Waals surface area contributed by atoms with Gasteiger partial charge in [-0.3, -0.25) is 4.90 Å². The van der Waals surface area contributed by atoms with Crippen molar-refractivity contribution >= 4 is 12.4 Å². The molecule has 1 aliphatic heterocycles. The molecule has 0 aliphatic carbocycles. The molecule has 0 bridgehead atoms. The van der Waals surface area contributed by atoms with Crippen molar-refractivity contribution in [2.24, 2.45) is 0 Å². The lowest BCUT2D eigenvalue weighted by molar-refractivity contribution is -0.274. The van der Waals surface area contributed by atoms with Crippen LogP contribution in [0.1, 0.15) is 11.6 Å². The van der Waals surface area contributed by atoms with Gasteiger partial charge in [-0.25, -0.2) is 4.39 Å². The zero-order chi connectivity index (χ0) is 17.3. The van der Waals surface area contributed by atoms with E-state index in [1.165, 1.54) is 0 Å². The summed E-state index contributed by atoms with van der Waals surface area (Å²) >= 11 is 0. The van der Waals surface area contributed by atoms with Crippen LogP contribution in [-0.2, 0) is 0 Å². The third kappa shape index (κ3) is 5.38. The van der Waals surface area contributed by atoms with Crippen molar-refractivity contribution in [3.05, 3.63) is 29.6 Å². The third-order valence-electron chi connectivity index (χ3n) is 3.32. The van der Waals surface area contributed by atoms with Crippen LogP contribution < -0.4 is 10.1 Å². The number of alkyl halides is 6. The van der Waals surface area contributed by atoms with E-state index in [2.05, 4.69) is 10.1 Å². The number of piperazine rings is 1. The second-order valence-electron chi connectivity index (χ2n) is 4.96. The highest BCUT2D eigenvalue weighted by molar-refractivity contribution is 5.85. The van der Waals surface area contributed by atoms with Gasteiger partial charge in [0.2, 0.25) is 0 Å². The Morgan fingerprint density at radius 1 is 1.04 bits per heavy atom. The molecule has 1 heterocycles. The largest absolute Gasteiger partial charge is 0.573 e. The van der Waals surface area contributed by atoms with E-state index >= 15 is 0 Å². The third-order valence-corrected chi connectivity index (χ3v) is 3.32. The lowest BCUT2D eigenvalue weighted by atomic mass is 10.0. The number of rotatable bonds is 3. The van der Waals surface area contributed by atoms with Crippen molar-refractivity contribution < 1.29 is 35.5 Å². The first-order valence-corrected chi connectivity index (χ1v) is 6.64. The summed E-state index contributed by atoms with van der Waals surface area (Å²) in [6, 6.07) is -0.709. The number of halogens is 8. The van der Waals surface area contributed by atoms with Gasteiger partial charge in [0.05, 0.1) is 0 Å². The molecular weight excluding hydrogens is 369 g/mol. The zero-order valence-corrected chi connectivity index (χ0v) is 12.9. The molecule has 1 saturated heterocycles. The monoisotopic (exact) mass is 382 g/mol. The predicted molar refractivity (Wildman–Crippen MR) is 73.6 cm³/mol. The fourth-order valence-corrected chi connectivity index (χ4v) is 2.45. The van der Waals surface area contributed by atoms with Crippen LogP contribution in [0.3, 0.4) is 0 Å². The number of ether oxygens (including phenoxy) is 1. The van der Waals surface area contributed by atoms with Gasteiger partial charge in [0, 0.05) is 31.7 Å². The predicted octanol–water partition coefficient (Wildman–Crippen LogP) is 3.65. The normalized spacial score (nSPS) is 18.0. The van der Waals surface area contributed by atoms with Crippen molar-refractivity contribution in [2.75, 3.05) is 26.2 Å². The van der Waals surface area contributed by atoms with Crippen molar-refractivity contribution in [1.29, 1.82) is 0 Å². The molecule has 1 atom stereocenters. The van der Waals surface area contributed by atoms with Crippen LogP contribution in [0.4, 0.5) is 30.7 Å². The molecule has 3 nitrogen and oxygen atoms in total. The van der Waals surface area contributed by atoms with Gasteiger partial charge in [0.25, 0.3) is 0 Å². The summed E-state index contributed by atoms with van der Waals surface area (Å²) in [5, 5.41) is 2.85. The van der Waals surface area contributed by atoms with E-state index in [1.807, 2.05) is 0 Å². The number of nitrogens with one attached hydrogen (secondary N) is 1. The molecule has 0 radical (unpaired) electrons. The lowest BCUT2D eigenvalue weighted by Gasteiger charge is -2.36. The molecule has 2 rings (SSSR count). The Hall–Kier alpha value is -1.26. The number of hydrogen-bond acceptors (Lipinski definition) is 3. The fraction of sp³-hybridized carbons (Fsp3) is 0.538. The van der Waals surface area contributed by atoms with E-state index in [4.69, 9.17) is 0 Å². The van der Waals surface area contributed by atoms with E-state index in [0.29, 0.717) is 18.2 Å². The van der Waals surface area contributed by atoms with E-state index < -0.39 is 35.7 Å². The Balaban J connectivity index is 0.00000288. The summed E-state index contributed by atoms with van der Waals surface area (Å²) in [5.41, 5.74) is -0.888.